The Balaban J connectivity index is 2.12. The van der Waals surface area contributed by atoms with Gasteiger partial charge in [-0.25, -0.2) is 13.6 Å². The van der Waals surface area contributed by atoms with Crippen LogP contribution >= 0.6 is 11.6 Å². The number of hydrogen-bond donors (Lipinski definition) is 1. The number of aromatic carboxylic acids is 1. The van der Waals surface area contributed by atoms with Crippen LogP contribution in [0.1, 0.15) is 28.3 Å². The van der Waals surface area contributed by atoms with Gasteiger partial charge in [-0.15, -0.1) is 0 Å². The molecule has 1 saturated carbocycles. The maximum atomic E-state index is 13.1. The number of carboxylic acids is 1. The molecule has 1 aliphatic carbocycles. The lowest BCUT2D eigenvalue weighted by atomic mass is 10.1. The molecule has 6 heteroatoms. The highest BCUT2D eigenvalue weighted by atomic mass is 35.5. The molecule has 1 aliphatic rings. The van der Waals surface area contributed by atoms with Crippen molar-refractivity contribution in [2.75, 3.05) is 0 Å². The van der Waals surface area contributed by atoms with Gasteiger partial charge in [0.1, 0.15) is 0 Å². The van der Waals surface area contributed by atoms with Crippen molar-refractivity contribution >= 4 is 28.5 Å². The lowest BCUT2D eigenvalue weighted by molar-refractivity contribution is 0.0696. The number of nitrogens with zero attached hydrogens (tertiary/aromatic N) is 1. The van der Waals surface area contributed by atoms with Gasteiger partial charge in [0, 0.05) is 23.0 Å². The molecule has 1 heterocycles. The van der Waals surface area contributed by atoms with Crippen LogP contribution in [0, 0.1) is 0 Å². The van der Waals surface area contributed by atoms with Crippen molar-refractivity contribution < 1.29 is 18.7 Å². The van der Waals surface area contributed by atoms with Crippen molar-refractivity contribution in [2.24, 2.45) is 0 Å². The molecular weight excluding hydrogens is 276 g/mol. The van der Waals surface area contributed by atoms with Gasteiger partial charge in [-0.2, -0.15) is 0 Å². The average Bonchev–Trinajstić information content (AvgIpc) is 2.96. The van der Waals surface area contributed by atoms with Crippen LogP contribution in [0.3, 0.4) is 0 Å². The molecule has 19 heavy (non-hydrogen) atoms. The molecule has 0 aliphatic heterocycles. The summed E-state index contributed by atoms with van der Waals surface area (Å²) in [5.74, 6) is -4.65. The minimum absolute atomic E-state index is 0.0352. The molecule has 3 rings (SSSR count). The minimum Gasteiger partial charge on any atom is -0.478 e. The van der Waals surface area contributed by atoms with Gasteiger partial charge >= 0.3 is 5.97 Å². The number of halogens is 3. The van der Waals surface area contributed by atoms with Gasteiger partial charge in [0.25, 0.3) is 5.92 Å². The first-order valence-corrected chi connectivity index (χ1v) is 5.96. The third kappa shape index (κ3) is 2.04. The topological polar surface area (TPSA) is 50.2 Å². The number of benzene rings is 1. The van der Waals surface area contributed by atoms with Crippen LogP contribution in [0.5, 0.6) is 0 Å². The number of aromatic nitrogens is 1. The van der Waals surface area contributed by atoms with E-state index in [1.165, 1.54) is 24.4 Å². The van der Waals surface area contributed by atoms with Gasteiger partial charge in [-0.05, 0) is 23.8 Å². The fourth-order valence-electron chi connectivity index (χ4n) is 2.10. The summed E-state index contributed by atoms with van der Waals surface area (Å²) in [6, 6.07) is 4.42. The lowest BCUT2D eigenvalue weighted by Gasteiger charge is -2.06. The Bertz CT molecular complexity index is 702. The number of fused-ring (bicyclic) bond motifs is 1. The van der Waals surface area contributed by atoms with Crippen LogP contribution in [0.15, 0.2) is 24.4 Å². The van der Waals surface area contributed by atoms with Crippen molar-refractivity contribution in [1.29, 1.82) is 0 Å². The third-order valence-electron chi connectivity index (χ3n) is 3.25. The van der Waals surface area contributed by atoms with Gasteiger partial charge in [0.05, 0.1) is 17.0 Å². The molecule has 0 saturated heterocycles. The van der Waals surface area contributed by atoms with E-state index >= 15 is 0 Å². The molecule has 0 spiro atoms. The van der Waals surface area contributed by atoms with E-state index in [2.05, 4.69) is 4.98 Å². The summed E-state index contributed by atoms with van der Waals surface area (Å²) in [6.07, 6.45) is 0.999. The normalized spacial score (nSPS) is 20.5. The Hall–Kier alpha value is -1.75. The lowest BCUT2D eigenvalue weighted by Crippen LogP contribution is -1.98. The Labute approximate surface area is 111 Å². The number of carbonyl (C=O) groups is 1. The predicted octanol–water partition coefficient (Wildman–Crippen LogP) is 3.71. The zero-order valence-electron chi connectivity index (χ0n) is 9.53. The molecule has 0 radical (unpaired) electrons. The summed E-state index contributed by atoms with van der Waals surface area (Å²) in [5.41, 5.74) is 0.870. The van der Waals surface area contributed by atoms with Gasteiger partial charge in [0.15, 0.2) is 0 Å². The molecule has 3 nitrogen and oxygen atoms in total. The number of rotatable bonds is 2. The smallest absolute Gasteiger partial charge is 0.337 e. The monoisotopic (exact) mass is 283 g/mol. The van der Waals surface area contributed by atoms with E-state index < -0.39 is 17.8 Å². The summed E-state index contributed by atoms with van der Waals surface area (Å²) in [7, 11) is 0. The molecule has 0 bridgehead atoms. The van der Waals surface area contributed by atoms with Crippen LogP contribution in [0.25, 0.3) is 10.9 Å². The Morgan fingerprint density at radius 1 is 1.42 bits per heavy atom. The van der Waals surface area contributed by atoms with Gasteiger partial charge in [-0.1, -0.05) is 11.6 Å². The largest absolute Gasteiger partial charge is 0.478 e. The first-order valence-electron chi connectivity index (χ1n) is 5.59. The van der Waals surface area contributed by atoms with E-state index in [-0.39, 0.29) is 17.0 Å². The second-order valence-corrected chi connectivity index (χ2v) is 5.02. The molecule has 0 amide bonds. The number of alkyl halides is 2. The number of carboxylic acid groups (broad SMARTS) is 1. The molecule has 1 atom stereocenters. The van der Waals surface area contributed by atoms with Crippen molar-refractivity contribution in [1.82, 2.24) is 4.98 Å². The Morgan fingerprint density at radius 2 is 2.11 bits per heavy atom. The predicted molar refractivity (Wildman–Crippen MR) is 66.0 cm³/mol. The summed E-state index contributed by atoms with van der Waals surface area (Å²) in [6.45, 7) is 0. The van der Waals surface area contributed by atoms with Crippen LogP contribution in [0.2, 0.25) is 5.02 Å². The summed E-state index contributed by atoms with van der Waals surface area (Å²) in [4.78, 5) is 14.8. The van der Waals surface area contributed by atoms with Crippen molar-refractivity contribution in [3.63, 3.8) is 0 Å². The maximum absolute atomic E-state index is 13.1. The quantitative estimate of drug-likeness (QED) is 0.914. The highest BCUT2D eigenvalue weighted by molar-refractivity contribution is 6.32. The highest BCUT2D eigenvalue weighted by Gasteiger charge is 2.58. The molecule has 98 valence electrons. The molecule has 1 aromatic carbocycles. The fourth-order valence-corrected chi connectivity index (χ4v) is 2.40. The molecular formula is C13H8ClF2NO2. The average molecular weight is 284 g/mol. The molecule has 1 N–H and O–H groups in total. The molecule has 1 aromatic heterocycles. The Morgan fingerprint density at radius 3 is 2.68 bits per heavy atom. The van der Waals surface area contributed by atoms with Crippen LogP contribution in [-0.4, -0.2) is 22.0 Å². The maximum Gasteiger partial charge on any atom is 0.337 e. The van der Waals surface area contributed by atoms with E-state index in [4.69, 9.17) is 16.7 Å². The summed E-state index contributed by atoms with van der Waals surface area (Å²) < 4.78 is 26.2. The van der Waals surface area contributed by atoms with E-state index in [1.54, 1.807) is 0 Å². The minimum atomic E-state index is -2.70. The zero-order valence-corrected chi connectivity index (χ0v) is 10.3. The van der Waals surface area contributed by atoms with Crippen molar-refractivity contribution in [3.05, 3.63) is 40.5 Å². The van der Waals surface area contributed by atoms with E-state index in [0.717, 1.165) is 0 Å². The summed E-state index contributed by atoms with van der Waals surface area (Å²) >= 11 is 5.99. The first kappa shape index (κ1) is 12.3. The van der Waals surface area contributed by atoms with E-state index in [9.17, 15) is 13.6 Å². The van der Waals surface area contributed by atoms with Gasteiger partial charge in [0.2, 0.25) is 0 Å². The number of pyridine rings is 1. The Kier molecular flexibility index (Phi) is 2.50. The third-order valence-corrected chi connectivity index (χ3v) is 3.58. The standard InChI is InChI=1S/C13H8ClF2NO2/c14-10-2-6-1-7(12(18)19)5-17-11(6)3-8(10)9-4-13(9,15)16/h1-3,5,9H,4H2,(H,18,19). The van der Waals surface area contributed by atoms with Crippen molar-refractivity contribution in [2.45, 2.75) is 18.3 Å². The fraction of sp³-hybridized carbons (Fsp3) is 0.231. The van der Waals surface area contributed by atoms with E-state index in [0.29, 0.717) is 16.5 Å². The SMILES string of the molecule is O=C(O)c1cnc2cc(C3CC3(F)F)c(Cl)cc2c1. The van der Waals surface area contributed by atoms with Crippen LogP contribution in [0.4, 0.5) is 8.78 Å². The van der Waals surface area contributed by atoms with Crippen molar-refractivity contribution in [3.8, 4) is 0 Å². The van der Waals surface area contributed by atoms with E-state index in [1.807, 2.05) is 0 Å². The van der Waals surface area contributed by atoms with Gasteiger partial charge < -0.3 is 5.11 Å². The van der Waals surface area contributed by atoms with Crippen LogP contribution < -0.4 is 0 Å². The molecule has 1 unspecified atom stereocenters. The molecule has 1 fully saturated rings. The summed E-state index contributed by atoms with van der Waals surface area (Å²) in [5, 5.41) is 9.61. The van der Waals surface area contributed by atoms with Crippen LogP contribution in [-0.2, 0) is 0 Å². The zero-order chi connectivity index (χ0) is 13.8. The first-order chi connectivity index (χ1) is 8.88. The number of hydrogen-bond acceptors (Lipinski definition) is 2. The molecule has 2 aromatic rings. The second-order valence-electron chi connectivity index (χ2n) is 4.61. The highest BCUT2D eigenvalue weighted by Crippen LogP contribution is 2.57. The second kappa shape index (κ2) is 3.87. The van der Waals surface area contributed by atoms with Gasteiger partial charge in [-0.3, -0.25) is 4.98 Å².